The van der Waals surface area contributed by atoms with Crippen LogP contribution in [0.1, 0.15) is 10.4 Å². The second-order valence-corrected chi connectivity index (χ2v) is 5.22. The molecular weight excluding hydrogens is 340 g/mol. The van der Waals surface area contributed by atoms with Crippen molar-refractivity contribution >= 4 is 5.78 Å². The van der Waals surface area contributed by atoms with Crippen molar-refractivity contribution in [2.75, 3.05) is 35.0 Å². The van der Waals surface area contributed by atoms with Crippen LogP contribution in [0.3, 0.4) is 0 Å². The van der Waals surface area contributed by atoms with Gasteiger partial charge in [-0.25, -0.2) is 0 Å². The van der Waals surface area contributed by atoms with E-state index in [0.29, 0.717) is 28.7 Å². The molecule has 2 rings (SSSR count). The monoisotopic (exact) mass is 362 g/mol. The van der Waals surface area contributed by atoms with Crippen LogP contribution in [-0.2, 0) is 0 Å². The van der Waals surface area contributed by atoms with Crippen molar-refractivity contribution in [2.45, 2.75) is 6.10 Å². The minimum Gasteiger partial charge on any atom is -0.493 e. The molecule has 0 heterocycles. The highest BCUT2D eigenvalue weighted by Gasteiger charge is 2.25. The van der Waals surface area contributed by atoms with Gasteiger partial charge in [0.15, 0.2) is 29.1 Å². The van der Waals surface area contributed by atoms with Gasteiger partial charge in [0.25, 0.3) is 0 Å². The molecule has 0 saturated carbocycles. The number of methoxy groups -OCH3 is 4. The van der Waals surface area contributed by atoms with Gasteiger partial charge in [-0.15, -0.1) is 0 Å². The van der Waals surface area contributed by atoms with E-state index in [2.05, 4.69) is 0 Å². The van der Waals surface area contributed by atoms with Gasteiger partial charge in [0.05, 0.1) is 35.0 Å². The summed E-state index contributed by atoms with van der Waals surface area (Å²) in [5.74, 6) is 1.43. The SMILES string of the molecule is COc1ccccc1OC(CO)C(=O)c1cc(OC)c(OC)c(OC)c1. The number of ketones is 1. The van der Waals surface area contributed by atoms with Gasteiger partial charge in [0.2, 0.25) is 11.5 Å². The first-order chi connectivity index (χ1) is 12.6. The number of para-hydroxylation sites is 2. The molecule has 0 saturated heterocycles. The third kappa shape index (κ3) is 4.00. The highest BCUT2D eigenvalue weighted by atomic mass is 16.5. The molecule has 0 aliphatic rings. The van der Waals surface area contributed by atoms with Crippen molar-refractivity contribution in [3.05, 3.63) is 42.0 Å². The van der Waals surface area contributed by atoms with Gasteiger partial charge in [-0.05, 0) is 24.3 Å². The number of hydrogen-bond donors (Lipinski definition) is 1. The summed E-state index contributed by atoms with van der Waals surface area (Å²) in [4.78, 5) is 12.8. The van der Waals surface area contributed by atoms with Gasteiger partial charge in [0.1, 0.15) is 0 Å². The van der Waals surface area contributed by atoms with Crippen LogP contribution in [0.4, 0.5) is 0 Å². The smallest absolute Gasteiger partial charge is 0.205 e. The summed E-state index contributed by atoms with van der Waals surface area (Å²) in [7, 11) is 5.89. The maximum atomic E-state index is 12.8. The first-order valence-electron chi connectivity index (χ1n) is 7.84. The van der Waals surface area contributed by atoms with E-state index in [0.717, 1.165) is 0 Å². The molecule has 0 aromatic heterocycles. The Labute approximate surface area is 152 Å². The molecule has 140 valence electrons. The van der Waals surface area contributed by atoms with Gasteiger partial charge in [-0.1, -0.05) is 12.1 Å². The number of carbonyl (C=O) groups is 1. The Morgan fingerprint density at radius 3 is 1.88 bits per heavy atom. The normalized spacial score (nSPS) is 11.4. The number of aliphatic hydroxyl groups excluding tert-OH is 1. The zero-order valence-corrected chi connectivity index (χ0v) is 15.1. The van der Waals surface area contributed by atoms with E-state index in [1.165, 1.54) is 40.6 Å². The molecule has 1 atom stereocenters. The van der Waals surface area contributed by atoms with Crippen molar-refractivity contribution in [3.8, 4) is 28.7 Å². The molecule has 0 bridgehead atoms. The van der Waals surface area contributed by atoms with Crippen molar-refractivity contribution < 1.29 is 33.6 Å². The molecule has 0 aliphatic carbocycles. The predicted molar refractivity (Wildman–Crippen MR) is 94.9 cm³/mol. The number of carbonyl (C=O) groups excluding carboxylic acids is 1. The number of hydrogen-bond acceptors (Lipinski definition) is 7. The fourth-order valence-corrected chi connectivity index (χ4v) is 2.45. The van der Waals surface area contributed by atoms with Gasteiger partial charge >= 0.3 is 0 Å². The van der Waals surface area contributed by atoms with E-state index in [1.807, 2.05) is 0 Å². The van der Waals surface area contributed by atoms with Crippen LogP contribution in [0.2, 0.25) is 0 Å². The highest BCUT2D eigenvalue weighted by molar-refractivity contribution is 6.01. The Morgan fingerprint density at radius 1 is 0.885 bits per heavy atom. The van der Waals surface area contributed by atoms with E-state index in [1.54, 1.807) is 24.3 Å². The van der Waals surface area contributed by atoms with E-state index in [-0.39, 0.29) is 5.56 Å². The summed E-state index contributed by atoms with van der Waals surface area (Å²) in [6.07, 6.45) is -1.12. The van der Waals surface area contributed by atoms with Gasteiger partial charge in [-0.2, -0.15) is 0 Å². The summed E-state index contributed by atoms with van der Waals surface area (Å²) in [6.45, 7) is -0.506. The summed E-state index contributed by atoms with van der Waals surface area (Å²) < 4.78 is 26.6. The lowest BCUT2D eigenvalue weighted by atomic mass is 10.0. The molecule has 1 N–H and O–H groups in total. The van der Waals surface area contributed by atoms with Crippen LogP contribution in [-0.4, -0.2) is 52.0 Å². The van der Waals surface area contributed by atoms with Gasteiger partial charge < -0.3 is 28.8 Å². The fourth-order valence-electron chi connectivity index (χ4n) is 2.45. The van der Waals surface area contributed by atoms with E-state index < -0.39 is 18.5 Å². The summed E-state index contributed by atoms with van der Waals surface area (Å²) in [6, 6.07) is 9.91. The molecule has 7 nitrogen and oxygen atoms in total. The maximum Gasteiger partial charge on any atom is 0.205 e. The largest absolute Gasteiger partial charge is 0.493 e. The topological polar surface area (TPSA) is 83.5 Å². The second-order valence-electron chi connectivity index (χ2n) is 5.22. The zero-order valence-electron chi connectivity index (χ0n) is 15.1. The van der Waals surface area contributed by atoms with Gasteiger partial charge in [0, 0.05) is 5.56 Å². The fraction of sp³-hybridized carbons (Fsp3) is 0.316. The molecular formula is C19H22O7. The molecule has 2 aromatic carbocycles. The Hall–Kier alpha value is -2.93. The number of rotatable bonds is 9. The molecule has 2 aromatic rings. The molecule has 0 spiro atoms. The van der Waals surface area contributed by atoms with Crippen molar-refractivity contribution in [3.63, 3.8) is 0 Å². The van der Waals surface area contributed by atoms with E-state index in [9.17, 15) is 9.90 Å². The highest BCUT2D eigenvalue weighted by Crippen LogP contribution is 2.38. The third-order valence-electron chi connectivity index (χ3n) is 3.75. The first-order valence-corrected chi connectivity index (χ1v) is 7.84. The molecule has 7 heteroatoms. The van der Waals surface area contributed by atoms with Crippen molar-refractivity contribution in [1.82, 2.24) is 0 Å². The average Bonchev–Trinajstić information content (AvgIpc) is 2.70. The number of ether oxygens (including phenoxy) is 5. The Bertz CT molecular complexity index is 732. The standard InChI is InChI=1S/C19H22O7/c1-22-13-7-5-6-8-14(13)26-17(11-20)18(21)12-9-15(23-2)19(25-4)16(10-12)24-3/h5-10,17,20H,11H2,1-4H3. The van der Waals surface area contributed by atoms with Crippen LogP contribution in [0.15, 0.2) is 36.4 Å². The molecule has 0 radical (unpaired) electrons. The molecule has 26 heavy (non-hydrogen) atoms. The summed E-state index contributed by atoms with van der Waals surface area (Å²) in [5, 5.41) is 9.66. The lowest BCUT2D eigenvalue weighted by molar-refractivity contribution is 0.0651. The van der Waals surface area contributed by atoms with Gasteiger partial charge in [-0.3, -0.25) is 4.79 Å². The average molecular weight is 362 g/mol. The zero-order chi connectivity index (χ0) is 19.1. The first kappa shape index (κ1) is 19.4. The Morgan fingerprint density at radius 2 is 1.42 bits per heavy atom. The molecule has 0 amide bonds. The van der Waals surface area contributed by atoms with E-state index >= 15 is 0 Å². The predicted octanol–water partition coefficient (Wildman–Crippen LogP) is 2.34. The van der Waals surface area contributed by atoms with Crippen LogP contribution in [0, 0.1) is 0 Å². The Kier molecular flexibility index (Phi) is 6.68. The third-order valence-corrected chi connectivity index (χ3v) is 3.75. The second kappa shape index (κ2) is 8.96. The number of benzene rings is 2. The quantitative estimate of drug-likeness (QED) is 0.686. The molecule has 0 fully saturated rings. The summed E-state index contributed by atoms with van der Waals surface area (Å²) in [5.41, 5.74) is 0.258. The lowest BCUT2D eigenvalue weighted by Crippen LogP contribution is -2.31. The molecule has 1 unspecified atom stereocenters. The number of Topliss-reactive ketones (excluding diaryl/α,β-unsaturated/α-hetero) is 1. The van der Waals surface area contributed by atoms with Crippen molar-refractivity contribution in [2.24, 2.45) is 0 Å². The summed E-state index contributed by atoms with van der Waals surface area (Å²) >= 11 is 0. The lowest BCUT2D eigenvalue weighted by Gasteiger charge is -2.19. The van der Waals surface area contributed by atoms with Crippen LogP contribution >= 0.6 is 0 Å². The minimum absolute atomic E-state index is 0.258. The van der Waals surface area contributed by atoms with E-state index in [4.69, 9.17) is 23.7 Å². The van der Waals surface area contributed by atoms with Crippen molar-refractivity contribution in [1.29, 1.82) is 0 Å². The minimum atomic E-state index is -1.12. The maximum absolute atomic E-state index is 12.8. The van der Waals surface area contributed by atoms with Crippen LogP contribution in [0.25, 0.3) is 0 Å². The van der Waals surface area contributed by atoms with Crippen LogP contribution < -0.4 is 23.7 Å². The number of aliphatic hydroxyl groups is 1. The molecule has 0 aliphatic heterocycles. The van der Waals surface area contributed by atoms with Crippen LogP contribution in [0.5, 0.6) is 28.7 Å². The Balaban J connectivity index is 2.36.